The van der Waals surface area contributed by atoms with Crippen LogP contribution in [0.4, 0.5) is 0 Å². The summed E-state index contributed by atoms with van der Waals surface area (Å²) < 4.78 is 6.09. The average molecular weight is 264 g/mol. The maximum absolute atomic E-state index is 12.1. The molecule has 0 saturated heterocycles. The summed E-state index contributed by atoms with van der Waals surface area (Å²) in [5.41, 5.74) is 0.480. The summed E-state index contributed by atoms with van der Waals surface area (Å²) in [5.74, 6) is 0.406. The van der Waals surface area contributed by atoms with E-state index in [1.807, 2.05) is 0 Å². The van der Waals surface area contributed by atoms with Crippen LogP contribution in [0.5, 0.6) is 0 Å². The van der Waals surface area contributed by atoms with Crippen molar-refractivity contribution >= 4 is 5.97 Å². The van der Waals surface area contributed by atoms with Crippen LogP contribution in [0.3, 0.4) is 0 Å². The third-order valence-corrected chi connectivity index (χ3v) is 5.21. The van der Waals surface area contributed by atoms with Gasteiger partial charge in [0.05, 0.1) is 0 Å². The summed E-state index contributed by atoms with van der Waals surface area (Å²) in [7, 11) is 0. The Balaban J connectivity index is 2.29. The first-order valence-electron chi connectivity index (χ1n) is 7.84. The third-order valence-electron chi connectivity index (χ3n) is 5.21. The van der Waals surface area contributed by atoms with E-state index in [-0.39, 0.29) is 17.0 Å². The molecule has 0 aromatic rings. The van der Waals surface area contributed by atoms with Gasteiger partial charge in [0, 0.05) is 11.0 Å². The van der Waals surface area contributed by atoms with E-state index in [4.69, 9.17) is 4.74 Å². The van der Waals surface area contributed by atoms with Gasteiger partial charge in [-0.05, 0) is 51.4 Å². The first-order valence-corrected chi connectivity index (χ1v) is 7.84. The van der Waals surface area contributed by atoms with Crippen LogP contribution in [-0.4, -0.2) is 11.6 Å². The van der Waals surface area contributed by atoms with Gasteiger partial charge in [0.1, 0.15) is 5.60 Å². The van der Waals surface area contributed by atoms with Crippen LogP contribution in [0, 0.1) is 11.3 Å². The number of carbonyl (C=O) groups excluding carboxylic acids is 1. The predicted octanol–water partition coefficient (Wildman–Crippen LogP) is 4.63. The molecule has 2 aliphatic carbocycles. The van der Waals surface area contributed by atoms with Crippen LogP contribution in [0.2, 0.25) is 0 Å². The molecule has 2 nitrogen and oxygen atoms in total. The van der Waals surface area contributed by atoms with Crippen molar-refractivity contribution in [2.45, 2.75) is 77.7 Å². The van der Waals surface area contributed by atoms with Crippen LogP contribution in [0.1, 0.15) is 72.1 Å². The Hall–Kier alpha value is -0.790. The fourth-order valence-corrected chi connectivity index (χ4v) is 4.06. The van der Waals surface area contributed by atoms with Gasteiger partial charge in [-0.3, -0.25) is 0 Å². The highest BCUT2D eigenvalue weighted by Crippen LogP contribution is 2.59. The molecule has 2 heteroatoms. The molecule has 2 aliphatic rings. The van der Waals surface area contributed by atoms with E-state index in [2.05, 4.69) is 20.4 Å². The zero-order valence-corrected chi connectivity index (χ0v) is 12.8. The number of hydrogen-bond donors (Lipinski definition) is 0. The lowest BCUT2D eigenvalue weighted by molar-refractivity contribution is -0.187. The Morgan fingerprint density at radius 2 is 1.95 bits per heavy atom. The zero-order valence-electron chi connectivity index (χ0n) is 12.8. The van der Waals surface area contributed by atoms with Crippen molar-refractivity contribution in [3.8, 4) is 0 Å². The van der Waals surface area contributed by atoms with E-state index in [1.54, 1.807) is 6.92 Å². The molecule has 2 rings (SSSR count). The van der Waals surface area contributed by atoms with Gasteiger partial charge in [0.2, 0.25) is 0 Å². The Morgan fingerprint density at radius 1 is 1.32 bits per heavy atom. The first kappa shape index (κ1) is 14.6. The highest BCUT2D eigenvalue weighted by atomic mass is 16.6. The third kappa shape index (κ3) is 2.59. The molecule has 0 aliphatic heterocycles. The van der Waals surface area contributed by atoms with Gasteiger partial charge in [-0.1, -0.05) is 33.3 Å². The highest BCUT2D eigenvalue weighted by Gasteiger charge is 2.59. The number of carbonyl (C=O) groups is 1. The van der Waals surface area contributed by atoms with Crippen molar-refractivity contribution in [3.05, 3.63) is 12.2 Å². The maximum Gasteiger partial charge on any atom is 0.333 e. The Labute approximate surface area is 117 Å². The summed E-state index contributed by atoms with van der Waals surface area (Å²) >= 11 is 0. The lowest BCUT2D eigenvalue weighted by atomic mass is 9.60. The van der Waals surface area contributed by atoms with Crippen molar-refractivity contribution in [1.82, 2.24) is 0 Å². The predicted molar refractivity (Wildman–Crippen MR) is 77.8 cm³/mol. The average Bonchev–Trinajstić information content (AvgIpc) is 3.16. The molecular formula is C17H28O2. The molecular weight excluding hydrogens is 236 g/mol. The van der Waals surface area contributed by atoms with Gasteiger partial charge >= 0.3 is 5.97 Å². The highest BCUT2D eigenvalue weighted by molar-refractivity contribution is 5.87. The minimum atomic E-state index is -0.211. The van der Waals surface area contributed by atoms with E-state index < -0.39 is 0 Å². The van der Waals surface area contributed by atoms with Crippen LogP contribution in [-0.2, 0) is 9.53 Å². The maximum atomic E-state index is 12.1. The first-order chi connectivity index (χ1) is 8.95. The second-order valence-corrected chi connectivity index (χ2v) is 6.85. The van der Waals surface area contributed by atoms with Crippen molar-refractivity contribution in [3.63, 3.8) is 0 Å². The smallest absolute Gasteiger partial charge is 0.333 e. The van der Waals surface area contributed by atoms with Crippen LogP contribution in [0.15, 0.2) is 12.2 Å². The largest absolute Gasteiger partial charge is 0.455 e. The van der Waals surface area contributed by atoms with Crippen molar-refractivity contribution < 1.29 is 9.53 Å². The summed E-state index contributed by atoms with van der Waals surface area (Å²) in [6, 6.07) is 0. The summed E-state index contributed by atoms with van der Waals surface area (Å²) in [4.78, 5) is 12.1. The standard InChI is InChI=1S/C17H28O2/c1-5-10-16(4)11-6-7-12-17(16,14-8-9-14)19-15(18)13(2)3/h14H,2,5-12H2,1,3-4H3. The molecule has 2 fully saturated rings. The molecule has 2 saturated carbocycles. The second kappa shape index (κ2) is 5.30. The number of ether oxygens (including phenoxy) is 1. The molecule has 0 amide bonds. The zero-order chi connectivity index (χ0) is 14.1. The molecule has 2 atom stereocenters. The topological polar surface area (TPSA) is 26.3 Å². The Bertz CT molecular complexity index is 365. The van der Waals surface area contributed by atoms with Crippen LogP contribution >= 0.6 is 0 Å². The normalized spacial score (nSPS) is 34.9. The molecule has 0 aromatic carbocycles. The fourth-order valence-electron chi connectivity index (χ4n) is 4.06. The molecule has 0 spiro atoms. The summed E-state index contributed by atoms with van der Waals surface area (Å²) in [5, 5.41) is 0. The quantitative estimate of drug-likeness (QED) is 0.534. The van der Waals surface area contributed by atoms with E-state index in [9.17, 15) is 4.79 Å². The minimum absolute atomic E-state index is 0.159. The molecule has 0 N–H and O–H groups in total. The number of hydrogen-bond acceptors (Lipinski definition) is 2. The van der Waals surface area contributed by atoms with E-state index in [0.29, 0.717) is 11.5 Å². The second-order valence-electron chi connectivity index (χ2n) is 6.85. The minimum Gasteiger partial charge on any atom is -0.455 e. The molecule has 108 valence electrons. The molecule has 0 radical (unpaired) electrons. The van der Waals surface area contributed by atoms with E-state index in [0.717, 1.165) is 19.3 Å². The van der Waals surface area contributed by atoms with Gasteiger partial charge in [-0.2, -0.15) is 0 Å². The van der Waals surface area contributed by atoms with Crippen LogP contribution < -0.4 is 0 Å². The Kier molecular flexibility index (Phi) is 4.08. The van der Waals surface area contributed by atoms with E-state index >= 15 is 0 Å². The van der Waals surface area contributed by atoms with E-state index in [1.165, 1.54) is 32.1 Å². The van der Waals surface area contributed by atoms with Crippen molar-refractivity contribution in [2.75, 3.05) is 0 Å². The molecule has 2 unspecified atom stereocenters. The summed E-state index contributed by atoms with van der Waals surface area (Å²) in [6.07, 6.45) is 9.48. The molecule has 0 bridgehead atoms. The van der Waals surface area contributed by atoms with Gasteiger partial charge in [-0.15, -0.1) is 0 Å². The van der Waals surface area contributed by atoms with Gasteiger partial charge < -0.3 is 4.74 Å². The fraction of sp³-hybridized carbons (Fsp3) is 0.824. The van der Waals surface area contributed by atoms with Gasteiger partial charge in [0.15, 0.2) is 0 Å². The molecule has 0 heterocycles. The van der Waals surface area contributed by atoms with Crippen molar-refractivity contribution in [2.24, 2.45) is 11.3 Å². The number of rotatable bonds is 5. The Morgan fingerprint density at radius 3 is 2.47 bits per heavy atom. The van der Waals surface area contributed by atoms with Crippen molar-refractivity contribution in [1.29, 1.82) is 0 Å². The molecule has 19 heavy (non-hydrogen) atoms. The molecule has 0 aromatic heterocycles. The number of esters is 1. The van der Waals surface area contributed by atoms with Gasteiger partial charge in [-0.25, -0.2) is 4.79 Å². The lowest BCUT2D eigenvalue weighted by Gasteiger charge is -2.52. The SMILES string of the molecule is C=C(C)C(=O)OC1(C2CC2)CCCCC1(C)CCC. The van der Waals surface area contributed by atoms with Gasteiger partial charge in [0.25, 0.3) is 0 Å². The van der Waals surface area contributed by atoms with Crippen LogP contribution in [0.25, 0.3) is 0 Å². The lowest BCUT2D eigenvalue weighted by Crippen LogP contribution is -2.54. The monoisotopic (exact) mass is 264 g/mol. The summed E-state index contributed by atoms with van der Waals surface area (Å²) in [6.45, 7) is 10.1.